The third-order valence-electron chi connectivity index (χ3n) is 3.66. The molecule has 0 spiro atoms. The maximum Gasteiger partial charge on any atom is 0.253 e. The molecule has 0 bridgehead atoms. The van der Waals surface area contributed by atoms with Gasteiger partial charge in [0, 0.05) is 25.3 Å². The number of halogens is 2. The highest BCUT2D eigenvalue weighted by Crippen LogP contribution is 2.14. The van der Waals surface area contributed by atoms with Gasteiger partial charge in [0.25, 0.3) is 5.91 Å². The maximum atomic E-state index is 12.0. The molecule has 1 saturated heterocycles. The van der Waals surface area contributed by atoms with Crippen molar-refractivity contribution in [2.45, 2.75) is 19.8 Å². The quantitative estimate of drug-likeness (QED) is 0.832. The van der Waals surface area contributed by atoms with Gasteiger partial charge in [-0.2, -0.15) is 0 Å². The number of benzene rings is 1. The van der Waals surface area contributed by atoms with Crippen LogP contribution < -0.4 is 11.1 Å². The van der Waals surface area contributed by atoms with Crippen molar-refractivity contribution < 1.29 is 4.79 Å². The molecule has 6 heteroatoms. The van der Waals surface area contributed by atoms with Crippen LogP contribution >= 0.6 is 24.8 Å². The number of hydrogen-bond donors (Lipinski definition) is 2. The van der Waals surface area contributed by atoms with E-state index in [1.807, 2.05) is 12.1 Å². The number of carbonyl (C=O) groups excluding carboxylic acids is 1. The molecule has 2 rings (SSSR count). The molecule has 3 N–H and O–H groups in total. The molecule has 1 unspecified atom stereocenters. The standard InChI is InChI=1S/C15H23N3O.2ClH/c1-12-5-4-9-18(11-12)10-8-17-15(19)13-6-2-3-7-14(13)16;;/h2-3,6-7,12H,4-5,8-11,16H2,1H3,(H,17,19);2*1H. The molecule has 0 aliphatic carbocycles. The molecule has 1 aromatic carbocycles. The second-order valence-corrected chi connectivity index (χ2v) is 5.39. The van der Waals surface area contributed by atoms with Gasteiger partial charge in [0.15, 0.2) is 0 Å². The van der Waals surface area contributed by atoms with Crippen molar-refractivity contribution in [2.75, 3.05) is 31.9 Å². The molecule has 1 atom stereocenters. The van der Waals surface area contributed by atoms with E-state index < -0.39 is 0 Å². The summed E-state index contributed by atoms with van der Waals surface area (Å²) in [6, 6.07) is 7.17. The van der Waals surface area contributed by atoms with Crippen molar-refractivity contribution in [2.24, 2.45) is 5.92 Å². The number of nitrogens with one attached hydrogen (secondary N) is 1. The third-order valence-corrected chi connectivity index (χ3v) is 3.66. The Hall–Kier alpha value is -0.970. The highest BCUT2D eigenvalue weighted by atomic mass is 35.5. The zero-order valence-electron chi connectivity index (χ0n) is 12.4. The van der Waals surface area contributed by atoms with Crippen LogP contribution in [0.25, 0.3) is 0 Å². The van der Waals surface area contributed by atoms with Crippen molar-refractivity contribution in [1.82, 2.24) is 10.2 Å². The van der Waals surface area contributed by atoms with E-state index in [0.717, 1.165) is 25.6 Å². The number of nitrogens with two attached hydrogens (primary N) is 1. The normalized spacial score (nSPS) is 18.2. The summed E-state index contributed by atoms with van der Waals surface area (Å²) in [5.41, 5.74) is 6.88. The molecule has 0 aromatic heterocycles. The van der Waals surface area contributed by atoms with E-state index in [2.05, 4.69) is 17.1 Å². The Morgan fingerprint density at radius 1 is 1.38 bits per heavy atom. The van der Waals surface area contributed by atoms with Crippen LogP contribution in [0.2, 0.25) is 0 Å². The number of amides is 1. The highest BCUT2D eigenvalue weighted by molar-refractivity contribution is 5.99. The van der Waals surface area contributed by atoms with Gasteiger partial charge in [-0.05, 0) is 37.4 Å². The van der Waals surface area contributed by atoms with Crippen molar-refractivity contribution >= 4 is 36.4 Å². The Balaban J connectivity index is 0.00000200. The molecule has 1 aromatic rings. The van der Waals surface area contributed by atoms with Gasteiger partial charge < -0.3 is 16.0 Å². The Labute approximate surface area is 139 Å². The van der Waals surface area contributed by atoms with Crippen LogP contribution in [-0.2, 0) is 0 Å². The van der Waals surface area contributed by atoms with Crippen molar-refractivity contribution in [1.29, 1.82) is 0 Å². The van der Waals surface area contributed by atoms with Crippen molar-refractivity contribution in [3.05, 3.63) is 29.8 Å². The Bertz CT molecular complexity index is 443. The lowest BCUT2D eigenvalue weighted by molar-refractivity contribution is 0.0944. The second-order valence-electron chi connectivity index (χ2n) is 5.39. The summed E-state index contributed by atoms with van der Waals surface area (Å²) in [6.45, 7) is 6.18. The molecule has 21 heavy (non-hydrogen) atoms. The second kappa shape index (κ2) is 9.87. The molecular weight excluding hydrogens is 309 g/mol. The van der Waals surface area contributed by atoms with Crippen molar-refractivity contribution in [3.63, 3.8) is 0 Å². The smallest absolute Gasteiger partial charge is 0.253 e. The lowest BCUT2D eigenvalue weighted by Gasteiger charge is -2.30. The average molecular weight is 334 g/mol. The number of para-hydroxylation sites is 1. The average Bonchev–Trinajstić information content (AvgIpc) is 2.39. The van der Waals surface area contributed by atoms with E-state index >= 15 is 0 Å². The number of carbonyl (C=O) groups is 1. The largest absolute Gasteiger partial charge is 0.398 e. The number of rotatable bonds is 4. The fraction of sp³-hybridized carbons (Fsp3) is 0.533. The number of nitrogen functional groups attached to an aromatic ring is 1. The third kappa shape index (κ3) is 6.12. The Morgan fingerprint density at radius 3 is 2.76 bits per heavy atom. The molecule has 120 valence electrons. The number of nitrogens with zero attached hydrogens (tertiary/aromatic N) is 1. The minimum atomic E-state index is -0.0804. The van der Waals surface area contributed by atoms with Crippen LogP contribution in [0.5, 0.6) is 0 Å². The van der Waals surface area contributed by atoms with Gasteiger partial charge in [0.05, 0.1) is 5.56 Å². The molecule has 1 amide bonds. The predicted molar refractivity (Wildman–Crippen MR) is 92.5 cm³/mol. The summed E-state index contributed by atoms with van der Waals surface area (Å²) in [4.78, 5) is 14.4. The maximum absolute atomic E-state index is 12.0. The van der Waals surface area contributed by atoms with Gasteiger partial charge in [0.1, 0.15) is 0 Å². The molecule has 4 nitrogen and oxygen atoms in total. The first-order valence-corrected chi connectivity index (χ1v) is 7.02. The first-order valence-electron chi connectivity index (χ1n) is 7.02. The van der Waals surface area contributed by atoms with Crippen LogP contribution in [0.3, 0.4) is 0 Å². The minimum absolute atomic E-state index is 0. The molecule has 1 heterocycles. The molecule has 1 aliphatic heterocycles. The number of likely N-dealkylation sites (tertiary alicyclic amines) is 1. The van der Waals surface area contributed by atoms with Gasteiger partial charge >= 0.3 is 0 Å². The first kappa shape index (κ1) is 20.0. The molecule has 1 aliphatic rings. The summed E-state index contributed by atoms with van der Waals surface area (Å²) in [7, 11) is 0. The van der Waals surface area contributed by atoms with Gasteiger partial charge in [-0.25, -0.2) is 0 Å². The lowest BCUT2D eigenvalue weighted by atomic mass is 10.0. The zero-order valence-corrected chi connectivity index (χ0v) is 14.0. The monoisotopic (exact) mass is 333 g/mol. The highest BCUT2D eigenvalue weighted by Gasteiger charge is 2.16. The summed E-state index contributed by atoms with van der Waals surface area (Å²) in [6.07, 6.45) is 2.59. The van der Waals surface area contributed by atoms with E-state index in [1.54, 1.807) is 12.1 Å². The number of hydrogen-bond acceptors (Lipinski definition) is 3. The Kier molecular flexibility index (Phi) is 9.42. The van der Waals surface area contributed by atoms with E-state index in [9.17, 15) is 4.79 Å². The van der Waals surface area contributed by atoms with E-state index in [1.165, 1.54) is 12.8 Å². The molecule has 0 saturated carbocycles. The van der Waals surface area contributed by atoms with Crippen molar-refractivity contribution in [3.8, 4) is 0 Å². The van der Waals surface area contributed by atoms with Crippen LogP contribution in [0.15, 0.2) is 24.3 Å². The lowest BCUT2D eigenvalue weighted by Crippen LogP contribution is -2.40. The summed E-state index contributed by atoms with van der Waals surface area (Å²) in [5.74, 6) is 0.692. The number of anilines is 1. The van der Waals surface area contributed by atoms with Gasteiger partial charge in [0.2, 0.25) is 0 Å². The van der Waals surface area contributed by atoms with E-state index in [-0.39, 0.29) is 30.7 Å². The fourth-order valence-electron chi connectivity index (χ4n) is 2.62. The summed E-state index contributed by atoms with van der Waals surface area (Å²) >= 11 is 0. The van der Waals surface area contributed by atoms with Crippen LogP contribution in [0.1, 0.15) is 30.1 Å². The molecular formula is C15H25Cl2N3O. The van der Waals surface area contributed by atoms with Gasteiger partial charge in [-0.1, -0.05) is 19.1 Å². The minimum Gasteiger partial charge on any atom is -0.398 e. The summed E-state index contributed by atoms with van der Waals surface area (Å²) in [5, 5.41) is 2.94. The van der Waals surface area contributed by atoms with Gasteiger partial charge in [-0.15, -0.1) is 24.8 Å². The van der Waals surface area contributed by atoms with Crippen LogP contribution in [-0.4, -0.2) is 37.0 Å². The molecule has 0 radical (unpaired) electrons. The topological polar surface area (TPSA) is 58.4 Å². The van der Waals surface area contributed by atoms with E-state index in [4.69, 9.17) is 5.73 Å². The molecule has 1 fully saturated rings. The van der Waals surface area contributed by atoms with Gasteiger partial charge in [-0.3, -0.25) is 4.79 Å². The Morgan fingerprint density at radius 2 is 2.10 bits per heavy atom. The van der Waals surface area contributed by atoms with Crippen LogP contribution in [0.4, 0.5) is 5.69 Å². The SMILES string of the molecule is CC1CCCN(CCNC(=O)c2ccccc2N)C1.Cl.Cl. The number of piperidine rings is 1. The van der Waals surface area contributed by atoms with E-state index in [0.29, 0.717) is 17.8 Å². The fourth-order valence-corrected chi connectivity index (χ4v) is 2.62. The first-order chi connectivity index (χ1) is 9.16. The zero-order chi connectivity index (χ0) is 13.7. The van der Waals surface area contributed by atoms with Crippen LogP contribution in [0, 0.1) is 5.92 Å². The predicted octanol–water partition coefficient (Wildman–Crippen LogP) is 2.57. The summed E-state index contributed by atoms with van der Waals surface area (Å²) < 4.78 is 0.